The Balaban J connectivity index is 2.16. The van der Waals surface area contributed by atoms with E-state index in [9.17, 15) is 0 Å². The second kappa shape index (κ2) is 5.70. The number of hydrogen-bond acceptors (Lipinski definition) is 1. The van der Waals surface area contributed by atoms with Crippen molar-refractivity contribution < 1.29 is 0 Å². The summed E-state index contributed by atoms with van der Waals surface area (Å²) in [6.45, 7) is 7.70. The van der Waals surface area contributed by atoms with Crippen LogP contribution in [0.2, 0.25) is 0 Å². The SMILES string of the molecule is Cc1cccc2c1[nH]c(=S)n2CCCCC(C)C. The van der Waals surface area contributed by atoms with Gasteiger partial charge in [-0.3, -0.25) is 0 Å². The fraction of sp³-hybridized carbons (Fsp3) is 0.533. The fourth-order valence-electron chi connectivity index (χ4n) is 2.37. The Kier molecular flexibility index (Phi) is 4.23. The van der Waals surface area contributed by atoms with Crippen LogP contribution in [0.4, 0.5) is 0 Å². The van der Waals surface area contributed by atoms with Crippen molar-refractivity contribution in [3.8, 4) is 0 Å². The summed E-state index contributed by atoms with van der Waals surface area (Å²) in [5.74, 6) is 0.795. The Hall–Kier alpha value is -1.09. The molecular weight excluding hydrogens is 240 g/mol. The highest BCUT2D eigenvalue weighted by Gasteiger charge is 2.05. The number of H-pyrrole nitrogens is 1. The van der Waals surface area contributed by atoms with Crippen molar-refractivity contribution in [1.82, 2.24) is 9.55 Å². The van der Waals surface area contributed by atoms with Crippen LogP contribution >= 0.6 is 12.2 Å². The number of hydrogen-bond donors (Lipinski definition) is 1. The van der Waals surface area contributed by atoms with E-state index >= 15 is 0 Å². The number of nitrogens with zero attached hydrogens (tertiary/aromatic N) is 1. The zero-order valence-electron chi connectivity index (χ0n) is 11.5. The molecule has 0 amide bonds. The molecule has 0 fully saturated rings. The maximum absolute atomic E-state index is 5.42. The molecule has 1 aromatic carbocycles. The van der Waals surface area contributed by atoms with E-state index in [0.717, 1.165) is 17.2 Å². The molecule has 2 aromatic rings. The van der Waals surface area contributed by atoms with Gasteiger partial charge >= 0.3 is 0 Å². The number of unbranched alkanes of at least 4 members (excludes halogenated alkanes) is 1. The molecule has 0 saturated heterocycles. The molecule has 18 heavy (non-hydrogen) atoms. The number of aryl methyl sites for hydroxylation is 2. The Bertz CT molecular complexity index is 578. The molecule has 1 aromatic heterocycles. The smallest absolute Gasteiger partial charge is 0.178 e. The van der Waals surface area contributed by atoms with E-state index in [1.54, 1.807) is 0 Å². The van der Waals surface area contributed by atoms with E-state index in [2.05, 4.69) is 48.5 Å². The second-order valence-electron chi connectivity index (χ2n) is 5.44. The molecule has 0 spiro atoms. The normalized spacial score (nSPS) is 11.6. The zero-order chi connectivity index (χ0) is 13.1. The summed E-state index contributed by atoms with van der Waals surface area (Å²) in [6, 6.07) is 6.37. The molecule has 0 bridgehead atoms. The quantitative estimate of drug-likeness (QED) is 0.604. The minimum atomic E-state index is 0.795. The highest BCUT2D eigenvalue weighted by atomic mass is 32.1. The van der Waals surface area contributed by atoms with Crippen LogP contribution in [-0.4, -0.2) is 9.55 Å². The third-order valence-electron chi connectivity index (χ3n) is 3.43. The van der Waals surface area contributed by atoms with E-state index in [-0.39, 0.29) is 0 Å². The number of para-hydroxylation sites is 1. The number of benzene rings is 1. The van der Waals surface area contributed by atoms with Crippen molar-refractivity contribution >= 4 is 23.3 Å². The van der Waals surface area contributed by atoms with Gasteiger partial charge in [-0.25, -0.2) is 0 Å². The van der Waals surface area contributed by atoms with Gasteiger partial charge < -0.3 is 9.55 Å². The molecule has 1 N–H and O–H groups in total. The Morgan fingerprint density at radius 1 is 1.28 bits per heavy atom. The number of fused-ring (bicyclic) bond motifs is 1. The zero-order valence-corrected chi connectivity index (χ0v) is 12.3. The predicted octanol–water partition coefficient (Wildman–Crippen LogP) is 4.83. The van der Waals surface area contributed by atoms with Gasteiger partial charge in [-0.05, 0) is 43.1 Å². The van der Waals surface area contributed by atoms with Crippen molar-refractivity contribution in [2.24, 2.45) is 5.92 Å². The third kappa shape index (κ3) is 2.83. The Labute approximate surface area is 114 Å². The van der Waals surface area contributed by atoms with Gasteiger partial charge in [0, 0.05) is 6.54 Å². The molecule has 0 radical (unpaired) electrons. The van der Waals surface area contributed by atoms with Crippen molar-refractivity contribution in [2.75, 3.05) is 0 Å². The van der Waals surface area contributed by atoms with Gasteiger partial charge in [0.05, 0.1) is 11.0 Å². The van der Waals surface area contributed by atoms with Crippen LogP contribution in [0.3, 0.4) is 0 Å². The first-order chi connectivity index (χ1) is 8.59. The number of imidazole rings is 1. The maximum atomic E-state index is 5.42. The van der Waals surface area contributed by atoms with Gasteiger partial charge in [-0.2, -0.15) is 0 Å². The van der Waals surface area contributed by atoms with Crippen molar-refractivity contribution in [3.63, 3.8) is 0 Å². The van der Waals surface area contributed by atoms with Crippen LogP contribution in [0.15, 0.2) is 18.2 Å². The largest absolute Gasteiger partial charge is 0.330 e. The van der Waals surface area contributed by atoms with Gasteiger partial charge in [0.15, 0.2) is 4.77 Å². The van der Waals surface area contributed by atoms with Crippen LogP contribution in [0.25, 0.3) is 11.0 Å². The van der Waals surface area contributed by atoms with Gasteiger partial charge in [0.25, 0.3) is 0 Å². The number of nitrogens with one attached hydrogen (secondary N) is 1. The monoisotopic (exact) mass is 262 g/mol. The second-order valence-corrected chi connectivity index (χ2v) is 5.83. The summed E-state index contributed by atoms with van der Waals surface area (Å²) in [6.07, 6.45) is 3.78. The van der Waals surface area contributed by atoms with Crippen LogP contribution in [0.1, 0.15) is 38.7 Å². The summed E-state index contributed by atoms with van der Waals surface area (Å²) in [4.78, 5) is 3.32. The van der Waals surface area contributed by atoms with E-state index in [1.165, 1.54) is 35.9 Å². The summed E-state index contributed by atoms with van der Waals surface area (Å²) >= 11 is 5.42. The molecule has 2 rings (SSSR count). The van der Waals surface area contributed by atoms with Crippen molar-refractivity contribution in [3.05, 3.63) is 28.5 Å². The average Bonchev–Trinajstić information content (AvgIpc) is 2.63. The predicted molar refractivity (Wildman–Crippen MR) is 80.5 cm³/mol. The first kappa shape index (κ1) is 13.3. The lowest BCUT2D eigenvalue weighted by molar-refractivity contribution is 0.511. The molecule has 98 valence electrons. The van der Waals surface area contributed by atoms with E-state index in [0.29, 0.717) is 0 Å². The first-order valence-corrected chi connectivity index (χ1v) is 7.18. The first-order valence-electron chi connectivity index (χ1n) is 6.77. The molecule has 0 unspecified atom stereocenters. The van der Waals surface area contributed by atoms with Gasteiger partial charge in [-0.15, -0.1) is 0 Å². The van der Waals surface area contributed by atoms with Crippen molar-refractivity contribution in [2.45, 2.75) is 46.6 Å². The number of rotatable bonds is 5. The lowest BCUT2D eigenvalue weighted by atomic mass is 10.1. The Morgan fingerprint density at radius 2 is 2.06 bits per heavy atom. The molecule has 0 atom stereocenters. The lowest BCUT2D eigenvalue weighted by Gasteiger charge is -2.06. The minimum Gasteiger partial charge on any atom is -0.330 e. The average molecular weight is 262 g/mol. The van der Waals surface area contributed by atoms with Crippen LogP contribution in [0.5, 0.6) is 0 Å². The van der Waals surface area contributed by atoms with Gasteiger partial charge in [0.2, 0.25) is 0 Å². The van der Waals surface area contributed by atoms with E-state index < -0.39 is 0 Å². The number of aromatic nitrogens is 2. The molecule has 0 aliphatic heterocycles. The summed E-state index contributed by atoms with van der Waals surface area (Å²) in [5.41, 5.74) is 3.69. The van der Waals surface area contributed by atoms with E-state index in [1.807, 2.05) is 0 Å². The maximum Gasteiger partial charge on any atom is 0.178 e. The fourth-order valence-corrected chi connectivity index (χ4v) is 2.66. The van der Waals surface area contributed by atoms with Crippen LogP contribution in [0, 0.1) is 17.6 Å². The third-order valence-corrected chi connectivity index (χ3v) is 3.75. The van der Waals surface area contributed by atoms with Crippen LogP contribution < -0.4 is 0 Å². The molecular formula is C15H22N2S. The summed E-state index contributed by atoms with van der Waals surface area (Å²) in [5, 5.41) is 0. The highest BCUT2D eigenvalue weighted by Crippen LogP contribution is 2.18. The molecule has 0 aliphatic carbocycles. The topological polar surface area (TPSA) is 20.7 Å². The molecule has 0 saturated carbocycles. The Morgan fingerprint density at radius 3 is 2.78 bits per heavy atom. The molecule has 3 heteroatoms. The molecule has 2 nitrogen and oxygen atoms in total. The van der Waals surface area contributed by atoms with Crippen LogP contribution in [-0.2, 0) is 6.54 Å². The van der Waals surface area contributed by atoms with E-state index in [4.69, 9.17) is 12.2 Å². The minimum absolute atomic E-state index is 0.795. The van der Waals surface area contributed by atoms with Gasteiger partial charge in [-0.1, -0.05) is 38.8 Å². The van der Waals surface area contributed by atoms with Crippen molar-refractivity contribution in [1.29, 1.82) is 0 Å². The highest BCUT2D eigenvalue weighted by molar-refractivity contribution is 7.71. The standard InChI is InChI=1S/C15H22N2S/c1-11(2)7-4-5-10-17-13-9-6-8-12(3)14(13)16-15(17)18/h6,8-9,11H,4-5,7,10H2,1-3H3,(H,16,18). The lowest BCUT2D eigenvalue weighted by Crippen LogP contribution is -1.99. The summed E-state index contributed by atoms with van der Waals surface area (Å²) in [7, 11) is 0. The summed E-state index contributed by atoms with van der Waals surface area (Å²) < 4.78 is 3.08. The van der Waals surface area contributed by atoms with Gasteiger partial charge in [0.1, 0.15) is 0 Å². The molecule has 0 aliphatic rings. The molecule has 1 heterocycles. The number of aromatic amines is 1.